The highest BCUT2D eigenvalue weighted by Crippen LogP contribution is 2.20. The lowest BCUT2D eigenvalue weighted by Crippen LogP contribution is -2.29. The van der Waals surface area contributed by atoms with Gasteiger partial charge in [-0.25, -0.2) is 0 Å². The molecule has 1 aromatic rings. The molecule has 0 bridgehead atoms. The van der Waals surface area contributed by atoms with Crippen molar-refractivity contribution in [3.05, 3.63) is 33.8 Å². The summed E-state index contributed by atoms with van der Waals surface area (Å²) in [5, 5.41) is 12.9. The SMILES string of the molecule is CC(O)CC(C)CNC(=O)c1cc(Cl)ccc1Cl. The van der Waals surface area contributed by atoms with Crippen LogP contribution in [0.15, 0.2) is 18.2 Å². The molecule has 5 heteroatoms. The van der Waals surface area contributed by atoms with E-state index in [0.717, 1.165) is 0 Å². The summed E-state index contributed by atoms with van der Waals surface area (Å²) in [5.74, 6) is -0.0492. The van der Waals surface area contributed by atoms with Gasteiger partial charge in [0.2, 0.25) is 0 Å². The summed E-state index contributed by atoms with van der Waals surface area (Å²) in [6.45, 7) is 4.19. The fourth-order valence-corrected chi connectivity index (χ4v) is 2.07. The molecule has 0 aliphatic heterocycles. The molecule has 0 saturated heterocycles. The quantitative estimate of drug-likeness (QED) is 0.875. The molecule has 1 amide bonds. The molecular weight excluding hydrogens is 273 g/mol. The van der Waals surface area contributed by atoms with Gasteiger partial charge in [-0.3, -0.25) is 4.79 Å². The highest BCUT2D eigenvalue weighted by Gasteiger charge is 2.13. The number of amides is 1. The van der Waals surface area contributed by atoms with Crippen LogP contribution in [0.2, 0.25) is 10.0 Å². The minimum absolute atomic E-state index is 0.201. The Labute approximate surface area is 117 Å². The van der Waals surface area contributed by atoms with Crippen LogP contribution in [-0.4, -0.2) is 23.7 Å². The van der Waals surface area contributed by atoms with Crippen LogP contribution >= 0.6 is 23.2 Å². The largest absolute Gasteiger partial charge is 0.393 e. The first kappa shape index (κ1) is 15.3. The monoisotopic (exact) mass is 289 g/mol. The van der Waals surface area contributed by atoms with E-state index in [9.17, 15) is 9.90 Å². The van der Waals surface area contributed by atoms with Gasteiger partial charge in [-0.05, 0) is 37.5 Å². The van der Waals surface area contributed by atoms with Gasteiger partial charge in [-0.15, -0.1) is 0 Å². The summed E-state index contributed by atoms with van der Waals surface area (Å²) in [5.41, 5.74) is 0.369. The number of carbonyl (C=O) groups is 1. The maximum atomic E-state index is 11.9. The molecule has 0 aliphatic rings. The van der Waals surface area contributed by atoms with Crippen molar-refractivity contribution in [1.82, 2.24) is 5.32 Å². The molecular formula is C13H17Cl2NO2. The second-order valence-electron chi connectivity index (χ2n) is 4.52. The minimum Gasteiger partial charge on any atom is -0.393 e. The van der Waals surface area contributed by atoms with Crippen molar-refractivity contribution in [3.63, 3.8) is 0 Å². The number of hydrogen-bond acceptors (Lipinski definition) is 2. The van der Waals surface area contributed by atoms with E-state index in [-0.39, 0.29) is 17.9 Å². The summed E-state index contributed by atoms with van der Waals surface area (Å²) in [4.78, 5) is 11.9. The van der Waals surface area contributed by atoms with Gasteiger partial charge in [0.25, 0.3) is 5.91 Å². The van der Waals surface area contributed by atoms with Gasteiger partial charge in [0.05, 0.1) is 16.7 Å². The first-order valence-electron chi connectivity index (χ1n) is 5.81. The minimum atomic E-state index is -0.369. The predicted molar refractivity (Wildman–Crippen MR) is 74.3 cm³/mol. The molecule has 0 saturated carbocycles. The van der Waals surface area contributed by atoms with Crippen LogP contribution in [0.5, 0.6) is 0 Å². The molecule has 18 heavy (non-hydrogen) atoms. The van der Waals surface area contributed by atoms with Gasteiger partial charge >= 0.3 is 0 Å². The van der Waals surface area contributed by atoms with Crippen molar-refractivity contribution < 1.29 is 9.90 Å². The van der Waals surface area contributed by atoms with Gasteiger partial charge in [-0.1, -0.05) is 30.1 Å². The Morgan fingerprint density at radius 1 is 1.39 bits per heavy atom. The third-order valence-corrected chi connectivity index (χ3v) is 3.09. The second kappa shape index (κ2) is 6.98. The van der Waals surface area contributed by atoms with Gasteiger partial charge < -0.3 is 10.4 Å². The van der Waals surface area contributed by atoms with Crippen molar-refractivity contribution >= 4 is 29.1 Å². The van der Waals surface area contributed by atoms with E-state index < -0.39 is 0 Å². The van der Waals surface area contributed by atoms with E-state index in [1.165, 1.54) is 0 Å². The zero-order chi connectivity index (χ0) is 13.7. The zero-order valence-electron chi connectivity index (χ0n) is 10.4. The standard InChI is InChI=1S/C13H17Cl2NO2/c1-8(5-9(2)17)7-16-13(18)11-6-10(14)3-4-12(11)15/h3-4,6,8-9,17H,5,7H2,1-2H3,(H,16,18). The fourth-order valence-electron chi connectivity index (χ4n) is 1.70. The van der Waals surface area contributed by atoms with Crippen LogP contribution < -0.4 is 5.32 Å². The van der Waals surface area contributed by atoms with E-state index in [1.54, 1.807) is 25.1 Å². The Morgan fingerprint density at radius 2 is 2.06 bits per heavy atom. The highest BCUT2D eigenvalue weighted by molar-refractivity contribution is 6.35. The number of benzene rings is 1. The topological polar surface area (TPSA) is 49.3 Å². The van der Waals surface area contributed by atoms with Crippen LogP contribution in [0, 0.1) is 5.92 Å². The number of aliphatic hydroxyl groups excluding tert-OH is 1. The lowest BCUT2D eigenvalue weighted by molar-refractivity contribution is 0.0939. The lowest BCUT2D eigenvalue weighted by atomic mass is 10.0. The van der Waals surface area contributed by atoms with Crippen LogP contribution in [0.25, 0.3) is 0 Å². The maximum Gasteiger partial charge on any atom is 0.252 e. The van der Waals surface area contributed by atoms with E-state index in [4.69, 9.17) is 23.2 Å². The van der Waals surface area contributed by atoms with Crippen LogP contribution in [0.1, 0.15) is 30.6 Å². The molecule has 0 aromatic heterocycles. The molecule has 0 radical (unpaired) electrons. The van der Waals surface area contributed by atoms with Gasteiger partial charge in [0.1, 0.15) is 0 Å². The fraction of sp³-hybridized carbons (Fsp3) is 0.462. The van der Waals surface area contributed by atoms with E-state index in [2.05, 4.69) is 5.32 Å². The highest BCUT2D eigenvalue weighted by atomic mass is 35.5. The Bertz CT molecular complexity index is 421. The molecule has 1 rings (SSSR count). The maximum absolute atomic E-state index is 11.9. The third-order valence-electron chi connectivity index (χ3n) is 2.53. The number of rotatable bonds is 5. The summed E-state index contributed by atoms with van der Waals surface area (Å²) < 4.78 is 0. The smallest absolute Gasteiger partial charge is 0.252 e. The van der Waals surface area contributed by atoms with Gasteiger partial charge in [0, 0.05) is 11.6 Å². The van der Waals surface area contributed by atoms with E-state index >= 15 is 0 Å². The van der Waals surface area contributed by atoms with E-state index in [0.29, 0.717) is 28.6 Å². The molecule has 3 nitrogen and oxygen atoms in total. The van der Waals surface area contributed by atoms with Crippen molar-refractivity contribution in [2.75, 3.05) is 6.54 Å². The Hall–Kier alpha value is -0.770. The summed E-state index contributed by atoms with van der Waals surface area (Å²) in [7, 11) is 0. The summed E-state index contributed by atoms with van der Waals surface area (Å²) in [6.07, 6.45) is 0.274. The normalized spacial score (nSPS) is 14.1. The number of halogens is 2. The number of aliphatic hydroxyl groups is 1. The Balaban J connectivity index is 2.58. The lowest BCUT2D eigenvalue weighted by Gasteiger charge is -2.14. The van der Waals surface area contributed by atoms with Gasteiger partial charge in [-0.2, -0.15) is 0 Å². The molecule has 2 atom stereocenters. The molecule has 100 valence electrons. The van der Waals surface area contributed by atoms with Crippen LogP contribution in [0.3, 0.4) is 0 Å². The third kappa shape index (κ3) is 4.84. The molecule has 2 unspecified atom stereocenters. The molecule has 0 spiro atoms. The van der Waals surface area contributed by atoms with Crippen molar-refractivity contribution in [2.45, 2.75) is 26.4 Å². The molecule has 0 heterocycles. The van der Waals surface area contributed by atoms with E-state index in [1.807, 2.05) is 6.92 Å². The molecule has 1 aromatic carbocycles. The van der Waals surface area contributed by atoms with Crippen LogP contribution in [0.4, 0.5) is 0 Å². The predicted octanol–water partition coefficient (Wildman–Crippen LogP) is 3.13. The van der Waals surface area contributed by atoms with Crippen molar-refractivity contribution in [3.8, 4) is 0 Å². The van der Waals surface area contributed by atoms with Gasteiger partial charge in [0.15, 0.2) is 0 Å². The Morgan fingerprint density at radius 3 is 2.67 bits per heavy atom. The first-order chi connectivity index (χ1) is 8.40. The Kier molecular flexibility index (Phi) is 5.93. The first-order valence-corrected chi connectivity index (χ1v) is 6.57. The zero-order valence-corrected chi connectivity index (χ0v) is 11.9. The number of nitrogens with one attached hydrogen (secondary N) is 1. The van der Waals surface area contributed by atoms with Crippen molar-refractivity contribution in [2.24, 2.45) is 5.92 Å². The molecule has 0 fully saturated rings. The number of carbonyl (C=O) groups excluding carboxylic acids is 1. The summed E-state index contributed by atoms with van der Waals surface area (Å²) in [6, 6.07) is 4.77. The average Bonchev–Trinajstić information content (AvgIpc) is 2.28. The molecule has 2 N–H and O–H groups in total. The van der Waals surface area contributed by atoms with Crippen molar-refractivity contribution in [1.29, 1.82) is 0 Å². The number of hydrogen-bond donors (Lipinski definition) is 2. The second-order valence-corrected chi connectivity index (χ2v) is 5.37. The average molecular weight is 290 g/mol. The van der Waals surface area contributed by atoms with Crippen LogP contribution in [-0.2, 0) is 0 Å². The molecule has 0 aliphatic carbocycles. The summed E-state index contributed by atoms with van der Waals surface area (Å²) >= 11 is 11.8.